The zero-order chi connectivity index (χ0) is 22.9. The van der Waals surface area contributed by atoms with E-state index in [4.69, 9.17) is 4.74 Å². The molecular formula is C22H22N6O4. The molecule has 0 bridgehead atoms. The molecule has 164 valence electrons. The van der Waals surface area contributed by atoms with E-state index in [-0.39, 0.29) is 25.0 Å². The lowest BCUT2D eigenvalue weighted by atomic mass is 10.0. The number of likely N-dealkylation sites (N-methyl/N-ethyl adjacent to an activating group) is 1. The number of carbonyl (C=O) groups excluding carboxylic acids is 3. The minimum atomic E-state index is -0.948. The maximum Gasteiger partial charge on any atom is 0.338 e. The number of nitrogens with one attached hydrogen (secondary N) is 1. The first-order valence-electron chi connectivity index (χ1n) is 10.1. The maximum absolute atomic E-state index is 12.9. The summed E-state index contributed by atoms with van der Waals surface area (Å²) < 4.78 is 6.51. The second kappa shape index (κ2) is 8.31. The fourth-order valence-electron chi connectivity index (χ4n) is 3.62. The second-order valence-corrected chi connectivity index (χ2v) is 7.51. The molecule has 1 unspecified atom stereocenters. The number of fused-ring (bicyclic) bond motifs is 1. The second-order valence-electron chi connectivity index (χ2n) is 7.51. The normalized spacial score (nSPS) is 14.9. The summed E-state index contributed by atoms with van der Waals surface area (Å²) in [4.78, 5) is 38.8. The number of carbonyl (C=O) groups is 3. The predicted octanol–water partition coefficient (Wildman–Crippen LogP) is 1.57. The third-order valence-electron chi connectivity index (χ3n) is 5.49. The van der Waals surface area contributed by atoms with Crippen LogP contribution in [0.25, 0.3) is 5.69 Å². The molecule has 4 rings (SSSR count). The number of nitrogens with zero attached hydrogens (tertiary/aromatic N) is 5. The molecule has 2 aromatic carbocycles. The van der Waals surface area contributed by atoms with Crippen molar-refractivity contribution < 1.29 is 19.1 Å². The summed E-state index contributed by atoms with van der Waals surface area (Å²) in [6.07, 6.45) is 0. The molecule has 0 spiro atoms. The molecule has 2 amide bonds. The van der Waals surface area contributed by atoms with E-state index >= 15 is 0 Å². The van der Waals surface area contributed by atoms with Crippen LogP contribution in [0.2, 0.25) is 0 Å². The lowest BCUT2D eigenvalue weighted by Gasteiger charge is -2.31. The molecule has 0 saturated carbocycles. The van der Waals surface area contributed by atoms with Crippen molar-refractivity contribution in [1.29, 1.82) is 0 Å². The number of hydrogen-bond acceptors (Lipinski definition) is 8. The van der Waals surface area contributed by atoms with Crippen molar-refractivity contribution in [1.82, 2.24) is 30.4 Å². The van der Waals surface area contributed by atoms with Crippen LogP contribution in [0, 0.1) is 0 Å². The number of imide groups is 1. The number of rotatable bonds is 7. The average Bonchev–Trinajstić information content (AvgIpc) is 3.40. The topological polar surface area (TPSA) is 119 Å². The van der Waals surface area contributed by atoms with Crippen LogP contribution in [0.1, 0.15) is 50.7 Å². The van der Waals surface area contributed by atoms with Crippen molar-refractivity contribution in [2.45, 2.75) is 19.4 Å². The van der Waals surface area contributed by atoms with E-state index in [1.54, 1.807) is 62.5 Å². The SMILES string of the molecule is CCOC(=O)c1ccc(-n2nnnc2C(C)(CN2C(=O)c3ccccc3C2=O)NC)cc1. The Balaban J connectivity index is 1.64. The van der Waals surface area contributed by atoms with Crippen LogP contribution in [-0.2, 0) is 10.3 Å². The van der Waals surface area contributed by atoms with Crippen molar-refractivity contribution in [2.24, 2.45) is 0 Å². The minimum Gasteiger partial charge on any atom is -0.462 e. The maximum atomic E-state index is 12.9. The summed E-state index contributed by atoms with van der Waals surface area (Å²) in [5, 5.41) is 15.2. The highest BCUT2D eigenvalue weighted by Crippen LogP contribution is 2.28. The molecule has 1 atom stereocenters. The number of esters is 1. The van der Waals surface area contributed by atoms with Gasteiger partial charge in [0, 0.05) is 0 Å². The zero-order valence-corrected chi connectivity index (χ0v) is 17.9. The fourth-order valence-corrected chi connectivity index (χ4v) is 3.62. The fraction of sp³-hybridized carbons (Fsp3) is 0.273. The molecule has 0 aliphatic carbocycles. The molecule has 1 N–H and O–H groups in total. The van der Waals surface area contributed by atoms with Gasteiger partial charge in [0.1, 0.15) is 0 Å². The largest absolute Gasteiger partial charge is 0.462 e. The lowest BCUT2D eigenvalue weighted by molar-refractivity contribution is 0.0525. The Morgan fingerprint density at radius 3 is 2.25 bits per heavy atom. The summed E-state index contributed by atoms with van der Waals surface area (Å²) >= 11 is 0. The van der Waals surface area contributed by atoms with Crippen molar-refractivity contribution >= 4 is 17.8 Å². The zero-order valence-electron chi connectivity index (χ0n) is 17.9. The number of hydrogen-bond donors (Lipinski definition) is 1. The Bertz CT molecular complexity index is 1150. The molecule has 0 radical (unpaired) electrons. The van der Waals surface area contributed by atoms with Gasteiger partial charge in [0.25, 0.3) is 11.8 Å². The van der Waals surface area contributed by atoms with Crippen LogP contribution in [0.15, 0.2) is 48.5 Å². The number of ether oxygens (including phenoxy) is 1. The minimum absolute atomic E-state index is 0.0249. The van der Waals surface area contributed by atoms with Crippen LogP contribution in [0.4, 0.5) is 0 Å². The van der Waals surface area contributed by atoms with Gasteiger partial charge >= 0.3 is 5.97 Å². The van der Waals surface area contributed by atoms with E-state index < -0.39 is 11.5 Å². The molecule has 10 heteroatoms. The van der Waals surface area contributed by atoms with Crippen LogP contribution < -0.4 is 5.32 Å². The van der Waals surface area contributed by atoms with Gasteiger partial charge in [0.2, 0.25) is 0 Å². The molecule has 32 heavy (non-hydrogen) atoms. The van der Waals surface area contributed by atoms with Gasteiger partial charge in [-0.3, -0.25) is 14.5 Å². The third-order valence-corrected chi connectivity index (χ3v) is 5.49. The van der Waals surface area contributed by atoms with E-state index in [0.717, 1.165) is 0 Å². The van der Waals surface area contributed by atoms with Crippen molar-refractivity contribution in [3.8, 4) is 5.69 Å². The Morgan fingerprint density at radius 2 is 1.69 bits per heavy atom. The van der Waals surface area contributed by atoms with Gasteiger partial charge in [0.15, 0.2) is 5.82 Å². The lowest BCUT2D eigenvalue weighted by Crippen LogP contribution is -2.50. The van der Waals surface area contributed by atoms with E-state index in [9.17, 15) is 14.4 Å². The first-order valence-corrected chi connectivity index (χ1v) is 10.1. The molecule has 1 aromatic heterocycles. The molecule has 2 heterocycles. The molecule has 1 aliphatic rings. The van der Waals surface area contributed by atoms with Crippen LogP contribution >= 0.6 is 0 Å². The standard InChI is InChI=1S/C22H22N6O4/c1-4-32-20(31)14-9-11-15(12-10-14)28-21(24-25-26-28)22(2,23-3)13-27-18(29)16-7-5-6-8-17(16)19(27)30/h5-12,23H,4,13H2,1-3H3. The monoisotopic (exact) mass is 434 g/mol. The highest BCUT2D eigenvalue weighted by molar-refractivity contribution is 6.21. The van der Waals surface area contributed by atoms with E-state index in [2.05, 4.69) is 20.8 Å². The molecular weight excluding hydrogens is 412 g/mol. The Kier molecular flexibility index (Phi) is 5.54. The molecule has 3 aromatic rings. The molecule has 10 nitrogen and oxygen atoms in total. The van der Waals surface area contributed by atoms with Gasteiger partial charge in [-0.25, -0.2) is 4.79 Å². The average molecular weight is 434 g/mol. The van der Waals surface area contributed by atoms with Crippen LogP contribution in [0.3, 0.4) is 0 Å². The van der Waals surface area contributed by atoms with Crippen molar-refractivity contribution in [3.05, 3.63) is 71.0 Å². The predicted molar refractivity (Wildman–Crippen MR) is 113 cm³/mol. The van der Waals surface area contributed by atoms with Gasteiger partial charge in [-0.15, -0.1) is 5.10 Å². The van der Waals surface area contributed by atoms with Gasteiger partial charge in [0.05, 0.1) is 41.1 Å². The number of tetrazole rings is 1. The van der Waals surface area contributed by atoms with E-state index in [1.165, 1.54) is 9.58 Å². The van der Waals surface area contributed by atoms with E-state index in [0.29, 0.717) is 28.2 Å². The summed E-state index contributed by atoms with van der Waals surface area (Å²) in [7, 11) is 1.71. The summed E-state index contributed by atoms with van der Waals surface area (Å²) in [5.74, 6) is -0.725. The number of amides is 2. The van der Waals surface area contributed by atoms with Gasteiger partial charge in [-0.2, -0.15) is 4.68 Å². The Morgan fingerprint density at radius 1 is 1.06 bits per heavy atom. The first kappa shape index (κ1) is 21.3. The third kappa shape index (κ3) is 3.54. The quantitative estimate of drug-likeness (QED) is 0.440. The van der Waals surface area contributed by atoms with Crippen molar-refractivity contribution in [3.63, 3.8) is 0 Å². The van der Waals surface area contributed by atoms with Gasteiger partial charge < -0.3 is 10.1 Å². The molecule has 0 fully saturated rings. The number of benzene rings is 2. The van der Waals surface area contributed by atoms with Crippen molar-refractivity contribution in [2.75, 3.05) is 20.2 Å². The highest BCUT2D eigenvalue weighted by Gasteiger charge is 2.42. The molecule has 1 aliphatic heterocycles. The summed E-state index contributed by atoms with van der Waals surface area (Å²) in [5.41, 5.74) is 0.834. The summed E-state index contributed by atoms with van der Waals surface area (Å²) in [6, 6.07) is 13.4. The first-order chi connectivity index (χ1) is 15.4. The van der Waals surface area contributed by atoms with E-state index in [1.807, 2.05) is 6.92 Å². The number of aromatic nitrogens is 4. The highest BCUT2D eigenvalue weighted by atomic mass is 16.5. The molecule has 0 saturated heterocycles. The smallest absolute Gasteiger partial charge is 0.338 e. The van der Waals surface area contributed by atoms with Crippen LogP contribution in [-0.4, -0.2) is 63.1 Å². The summed E-state index contributed by atoms with van der Waals surface area (Å²) in [6.45, 7) is 3.87. The Labute approximate surface area is 184 Å². The van der Waals surface area contributed by atoms with Gasteiger partial charge in [-0.05, 0) is 67.7 Å². The van der Waals surface area contributed by atoms with Gasteiger partial charge in [-0.1, -0.05) is 12.1 Å². The Hall–Kier alpha value is -3.92. The van der Waals surface area contributed by atoms with Crippen LogP contribution in [0.5, 0.6) is 0 Å².